The molecule has 0 spiro atoms. The molecule has 9 heteroatoms. The lowest BCUT2D eigenvalue weighted by molar-refractivity contribution is -0.137. The number of benzene rings is 2. The standard InChI is InChI=1S/C31H31N7O2/c39-29(40)18-38-17-23(26-13-19-3-5-21(15-24(19)36-26)30-32-9-1-10-33-30)7-8-28(38)27-14-20-4-6-22(16-25(20)37-27)31-34-11-2-12-35-31/h3-8,13-16,36-37H,1-2,9-12,17-18H2,(H,32,33)(H,34,35)(H,39,40). The van der Waals surface area contributed by atoms with E-state index in [1.165, 1.54) is 0 Å². The van der Waals surface area contributed by atoms with Gasteiger partial charge < -0.3 is 30.6 Å². The molecule has 0 amide bonds. The largest absolute Gasteiger partial charge is 0.480 e. The summed E-state index contributed by atoms with van der Waals surface area (Å²) in [6.45, 7) is 3.95. The molecule has 0 saturated carbocycles. The normalized spacial score (nSPS) is 17.6. The van der Waals surface area contributed by atoms with Crippen LogP contribution < -0.4 is 10.6 Å². The highest BCUT2D eigenvalue weighted by molar-refractivity contribution is 6.03. The van der Waals surface area contributed by atoms with Crippen LogP contribution in [0.4, 0.5) is 0 Å². The number of aliphatic carboxylic acids is 1. The second-order valence-electron chi connectivity index (χ2n) is 10.5. The molecule has 202 valence electrons. The van der Waals surface area contributed by atoms with E-state index in [2.05, 4.69) is 85.2 Å². The molecule has 0 unspecified atom stereocenters. The third kappa shape index (κ3) is 4.64. The van der Waals surface area contributed by atoms with Crippen LogP contribution in [0.5, 0.6) is 0 Å². The van der Waals surface area contributed by atoms with Gasteiger partial charge >= 0.3 is 5.97 Å². The third-order valence-corrected chi connectivity index (χ3v) is 7.68. The molecule has 3 aliphatic rings. The smallest absolute Gasteiger partial charge is 0.323 e. The number of carboxylic acids is 1. The van der Waals surface area contributed by atoms with Crippen molar-refractivity contribution >= 4 is 50.7 Å². The van der Waals surface area contributed by atoms with Crippen LogP contribution in [0.1, 0.15) is 35.4 Å². The maximum atomic E-state index is 11.9. The SMILES string of the molecule is O=C(O)CN1CC(c2cc3ccc(C4=NCCCN4)cc3[nH]2)=CC=C1c1cc2ccc(C3=NCCCN3)cc2[nH]1. The molecular weight excluding hydrogens is 502 g/mol. The predicted molar refractivity (Wildman–Crippen MR) is 160 cm³/mol. The fourth-order valence-electron chi connectivity index (χ4n) is 5.68. The lowest BCUT2D eigenvalue weighted by atomic mass is 10.0. The Bertz CT molecular complexity index is 1750. The zero-order valence-electron chi connectivity index (χ0n) is 22.1. The number of hydrogen-bond donors (Lipinski definition) is 5. The lowest BCUT2D eigenvalue weighted by Crippen LogP contribution is -2.31. The van der Waals surface area contributed by atoms with Crippen LogP contribution in [0.3, 0.4) is 0 Å². The molecule has 0 radical (unpaired) electrons. The summed E-state index contributed by atoms with van der Waals surface area (Å²) < 4.78 is 0. The Morgan fingerprint density at radius 2 is 1.40 bits per heavy atom. The highest BCUT2D eigenvalue weighted by atomic mass is 16.4. The van der Waals surface area contributed by atoms with Gasteiger partial charge in [0.1, 0.15) is 18.2 Å². The lowest BCUT2D eigenvalue weighted by Gasteiger charge is -2.29. The second kappa shape index (κ2) is 10.1. The molecule has 2 aromatic carbocycles. The van der Waals surface area contributed by atoms with E-state index >= 15 is 0 Å². The molecule has 0 aliphatic carbocycles. The fraction of sp³-hybridized carbons (Fsp3) is 0.258. The van der Waals surface area contributed by atoms with E-state index in [1.54, 1.807) is 0 Å². The summed E-state index contributed by atoms with van der Waals surface area (Å²) in [5.41, 5.74) is 7.93. The average molecular weight is 534 g/mol. The number of amidine groups is 2. The topological polar surface area (TPSA) is 121 Å². The van der Waals surface area contributed by atoms with Gasteiger partial charge in [0.05, 0.1) is 11.4 Å². The van der Waals surface area contributed by atoms with Gasteiger partial charge in [-0.2, -0.15) is 0 Å². The minimum atomic E-state index is -0.867. The Balaban J connectivity index is 1.21. The number of carbonyl (C=O) groups is 1. The minimum Gasteiger partial charge on any atom is -0.480 e. The van der Waals surface area contributed by atoms with Crippen molar-refractivity contribution in [2.24, 2.45) is 9.98 Å². The Hall–Kier alpha value is -4.79. The summed E-state index contributed by atoms with van der Waals surface area (Å²) in [5.74, 6) is 0.999. The number of rotatable bonds is 6. The van der Waals surface area contributed by atoms with Crippen LogP contribution >= 0.6 is 0 Å². The van der Waals surface area contributed by atoms with E-state index in [1.807, 2.05) is 11.0 Å². The van der Waals surface area contributed by atoms with Crippen molar-refractivity contribution in [2.45, 2.75) is 12.8 Å². The summed E-state index contributed by atoms with van der Waals surface area (Å²) in [5, 5.41) is 18.7. The van der Waals surface area contributed by atoms with Gasteiger partial charge in [-0.3, -0.25) is 14.8 Å². The molecule has 2 aromatic heterocycles. The molecule has 4 aromatic rings. The first-order valence-corrected chi connectivity index (χ1v) is 13.8. The quantitative estimate of drug-likeness (QED) is 0.257. The van der Waals surface area contributed by atoms with Gasteiger partial charge in [0.15, 0.2) is 0 Å². The number of allylic oxidation sites excluding steroid dienone is 2. The van der Waals surface area contributed by atoms with Crippen molar-refractivity contribution in [3.05, 3.63) is 83.2 Å². The average Bonchev–Trinajstić information content (AvgIpc) is 3.61. The number of aromatic amines is 2. The first-order valence-electron chi connectivity index (χ1n) is 13.8. The summed E-state index contributed by atoms with van der Waals surface area (Å²) in [4.78, 5) is 30.1. The highest BCUT2D eigenvalue weighted by Gasteiger charge is 2.23. The number of aromatic nitrogens is 2. The van der Waals surface area contributed by atoms with Crippen molar-refractivity contribution in [2.75, 3.05) is 39.3 Å². The molecular formula is C31H31N7O2. The van der Waals surface area contributed by atoms with Crippen LogP contribution in [-0.2, 0) is 4.79 Å². The second-order valence-corrected chi connectivity index (χ2v) is 10.5. The summed E-state index contributed by atoms with van der Waals surface area (Å²) in [6, 6.07) is 16.8. The van der Waals surface area contributed by atoms with Crippen molar-refractivity contribution in [3.63, 3.8) is 0 Å². The Morgan fingerprint density at radius 1 is 0.800 bits per heavy atom. The number of hydrogen-bond acceptors (Lipinski definition) is 6. The number of H-pyrrole nitrogens is 2. The van der Waals surface area contributed by atoms with Crippen molar-refractivity contribution in [1.29, 1.82) is 0 Å². The number of fused-ring (bicyclic) bond motifs is 2. The fourth-order valence-corrected chi connectivity index (χ4v) is 5.68. The maximum absolute atomic E-state index is 11.9. The molecule has 5 N–H and O–H groups in total. The van der Waals surface area contributed by atoms with Crippen molar-refractivity contribution in [1.82, 2.24) is 25.5 Å². The van der Waals surface area contributed by atoms with Crippen LogP contribution in [-0.4, -0.2) is 76.9 Å². The van der Waals surface area contributed by atoms with Gasteiger partial charge in [-0.1, -0.05) is 30.3 Å². The highest BCUT2D eigenvalue weighted by Crippen LogP contribution is 2.31. The van der Waals surface area contributed by atoms with Crippen LogP contribution in [0, 0.1) is 0 Å². The Morgan fingerprint density at radius 3 is 1.98 bits per heavy atom. The summed E-state index contributed by atoms with van der Waals surface area (Å²) >= 11 is 0. The Kier molecular flexibility index (Phi) is 6.11. The van der Waals surface area contributed by atoms with E-state index in [0.717, 1.165) is 106 Å². The molecule has 0 atom stereocenters. The van der Waals surface area contributed by atoms with Gasteiger partial charge in [-0.05, 0) is 48.8 Å². The van der Waals surface area contributed by atoms with Crippen molar-refractivity contribution < 1.29 is 9.90 Å². The van der Waals surface area contributed by atoms with Gasteiger partial charge in [0, 0.05) is 71.4 Å². The molecule has 7 rings (SSSR count). The molecule has 9 nitrogen and oxygen atoms in total. The number of aliphatic imine (C=N–C) groups is 2. The van der Waals surface area contributed by atoms with Crippen LogP contribution in [0.15, 0.2) is 70.7 Å². The molecule has 0 bridgehead atoms. The van der Waals surface area contributed by atoms with Crippen LogP contribution in [0.25, 0.3) is 33.1 Å². The zero-order chi connectivity index (χ0) is 27.1. The molecule has 0 fully saturated rings. The number of nitrogens with zero attached hydrogens (tertiary/aromatic N) is 3. The Labute approximate surface area is 231 Å². The van der Waals surface area contributed by atoms with Crippen molar-refractivity contribution in [3.8, 4) is 0 Å². The van der Waals surface area contributed by atoms with E-state index < -0.39 is 5.97 Å². The van der Waals surface area contributed by atoms with Gasteiger partial charge in [0.25, 0.3) is 0 Å². The van der Waals surface area contributed by atoms with Gasteiger partial charge in [-0.25, -0.2) is 0 Å². The molecule has 5 heterocycles. The van der Waals surface area contributed by atoms with Gasteiger partial charge in [0.2, 0.25) is 0 Å². The monoisotopic (exact) mass is 533 g/mol. The van der Waals surface area contributed by atoms with Crippen LogP contribution in [0.2, 0.25) is 0 Å². The predicted octanol–water partition coefficient (Wildman–Crippen LogP) is 3.95. The summed E-state index contributed by atoms with van der Waals surface area (Å²) in [6.07, 6.45) is 6.21. The molecule has 0 saturated heterocycles. The van der Waals surface area contributed by atoms with Gasteiger partial charge in [-0.15, -0.1) is 0 Å². The first kappa shape index (κ1) is 24.3. The molecule has 3 aliphatic heterocycles. The first-order chi connectivity index (χ1) is 19.6. The van der Waals surface area contributed by atoms with E-state index in [4.69, 9.17) is 0 Å². The third-order valence-electron chi connectivity index (χ3n) is 7.68. The van der Waals surface area contributed by atoms with E-state index in [0.29, 0.717) is 6.54 Å². The zero-order valence-corrected chi connectivity index (χ0v) is 22.1. The number of nitrogens with one attached hydrogen (secondary N) is 4. The van der Waals surface area contributed by atoms with E-state index in [-0.39, 0.29) is 6.54 Å². The summed E-state index contributed by atoms with van der Waals surface area (Å²) in [7, 11) is 0. The van der Waals surface area contributed by atoms with E-state index in [9.17, 15) is 9.90 Å². The minimum absolute atomic E-state index is 0.0968. The number of carboxylic acid groups (broad SMARTS) is 1. The maximum Gasteiger partial charge on any atom is 0.323 e. The molecule has 40 heavy (non-hydrogen) atoms.